The van der Waals surface area contributed by atoms with Crippen LogP contribution in [-0.4, -0.2) is 62.6 Å². The van der Waals surface area contributed by atoms with Gasteiger partial charge in [0.05, 0.1) is 27.8 Å². The molecule has 1 N–H and O–H groups in total. The number of rotatable bonds is 8. The number of benzene rings is 2. The van der Waals surface area contributed by atoms with E-state index in [0.29, 0.717) is 17.9 Å². The van der Waals surface area contributed by atoms with Crippen molar-refractivity contribution in [3.05, 3.63) is 65.7 Å². The third-order valence-corrected chi connectivity index (χ3v) is 5.46. The normalized spacial score (nSPS) is 17.6. The van der Waals surface area contributed by atoms with E-state index in [4.69, 9.17) is 14.2 Å². The molecule has 33 heavy (non-hydrogen) atoms. The Bertz CT molecular complexity index is 1020. The van der Waals surface area contributed by atoms with Crippen molar-refractivity contribution in [1.29, 1.82) is 0 Å². The molecule has 0 saturated carbocycles. The highest BCUT2D eigenvalue weighted by Crippen LogP contribution is 2.28. The summed E-state index contributed by atoms with van der Waals surface area (Å²) in [5.74, 6) is 0.106. The molecular formula is C25H28N2O6. The molecule has 2 amide bonds. The summed E-state index contributed by atoms with van der Waals surface area (Å²) in [6, 6.07) is 13.6. The van der Waals surface area contributed by atoms with Crippen LogP contribution in [0.4, 0.5) is 0 Å². The van der Waals surface area contributed by atoms with Crippen molar-refractivity contribution in [2.75, 3.05) is 27.9 Å². The average Bonchev–Trinajstić information content (AvgIpc) is 3.26. The first kappa shape index (κ1) is 23.8. The maximum absolute atomic E-state index is 12.9. The molecule has 0 aliphatic carbocycles. The second-order valence-corrected chi connectivity index (χ2v) is 7.64. The summed E-state index contributed by atoms with van der Waals surface area (Å²) in [4.78, 5) is 39.1. The third-order valence-electron chi connectivity index (χ3n) is 5.46. The van der Waals surface area contributed by atoms with Gasteiger partial charge in [0.1, 0.15) is 6.04 Å². The van der Waals surface area contributed by atoms with E-state index < -0.39 is 12.0 Å². The highest BCUT2D eigenvalue weighted by molar-refractivity contribution is 5.95. The lowest BCUT2D eigenvalue weighted by molar-refractivity contribution is -0.149. The Kier molecular flexibility index (Phi) is 8.07. The van der Waals surface area contributed by atoms with Crippen LogP contribution < -0.4 is 14.8 Å². The van der Waals surface area contributed by atoms with E-state index in [-0.39, 0.29) is 30.8 Å². The smallest absolute Gasteiger partial charge is 0.328 e. The largest absolute Gasteiger partial charge is 0.493 e. The molecule has 8 heteroatoms. The number of carbonyl (C=O) groups excluding carboxylic acids is 3. The Morgan fingerprint density at radius 3 is 2.42 bits per heavy atom. The van der Waals surface area contributed by atoms with Crippen LogP contribution in [-0.2, 0) is 25.5 Å². The molecule has 0 aromatic heterocycles. The van der Waals surface area contributed by atoms with E-state index >= 15 is 0 Å². The number of carbonyl (C=O) groups is 3. The van der Waals surface area contributed by atoms with Gasteiger partial charge >= 0.3 is 5.97 Å². The van der Waals surface area contributed by atoms with Gasteiger partial charge in [-0.1, -0.05) is 36.4 Å². The molecule has 3 rings (SSSR count). The summed E-state index contributed by atoms with van der Waals surface area (Å²) >= 11 is 0. The molecule has 0 bridgehead atoms. The molecule has 1 heterocycles. The minimum absolute atomic E-state index is 0.162. The van der Waals surface area contributed by atoms with Gasteiger partial charge in [-0.2, -0.15) is 0 Å². The molecule has 2 aromatic carbocycles. The third kappa shape index (κ3) is 6.12. The predicted octanol–water partition coefficient (Wildman–Crippen LogP) is 2.22. The lowest BCUT2D eigenvalue weighted by atomic mass is 10.1. The van der Waals surface area contributed by atoms with Crippen molar-refractivity contribution < 1.29 is 28.6 Å². The summed E-state index contributed by atoms with van der Waals surface area (Å²) < 4.78 is 15.4. The van der Waals surface area contributed by atoms with Crippen LogP contribution in [0.15, 0.2) is 54.6 Å². The standard InChI is InChI=1S/C25H28N2O6/c1-31-21-11-9-18(13-22(21)32-2)10-12-24(29)27-16-19(15-20(27)25(30)33-3)26-23(28)14-17-7-5-4-6-8-17/h4-13,19-20H,14-16H2,1-3H3,(H,26,28)/b12-10+/t19-,20-/m0/s1. The maximum Gasteiger partial charge on any atom is 0.328 e. The zero-order chi connectivity index (χ0) is 23.8. The van der Waals surface area contributed by atoms with Gasteiger partial charge in [0.25, 0.3) is 0 Å². The lowest BCUT2D eigenvalue weighted by Crippen LogP contribution is -2.41. The monoisotopic (exact) mass is 452 g/mol. The van der Waals surface area contributed by atoms with Gasteiger partial charge in [-0.25, -0.2) is 4.79 Å². The fourth-order valence-corrected chi connectivity index (χ4v) is 3.82. The van der Waals surface area contributed by atoms with Crippen molar-refractivity contribution in [1.82, 2.24) is 10.2 Å². The molecule has 0 radical (unpaired) electrons. The van der Waals surface area contributed by atoms with Crippen LogP contribution in [0.1, 0.15) is 17.5 Å². The van der Waals surface area contributed by atoms with Crippen molar-refractivity contribution in [2.45, 2.75) is 24.9 Å². The van der Waals surface area contributed by atoms with Gasteiger partial charge in [0, 0.05) is 25.1 Å². The number of amides is 2. The number of hydrogen-bond acceptors (Lipinski definition) is 6. The first-order chi connectivity index (χ1) is 15.9. The molecule has 1 saturated heterocycles. The first-order valence-electron chi connectivity index (χ1n) is 10.6. The predicted molar refractivity (Wildman–Crippen MR) is 123 cm³/mol. The van der Waals surface area contributed by atoms with Crippen molar-refractivity contribution in [3.8, 4) is 11.5 Å². The van der Waals surface area contributed by atoms with Gasteiger partial charge in [-0.05, 0) is 29.3 Å². The van der Waals surface area contributed by atoms with E-state index in [2.05, 4.69) is 5.32 Å². The van der Waals surface area contributed by atoms with Gasteiger partial charge in [-0.15, -0.1) is 0 Å². The SMILES string of the molecule is COC(=O)[C@@H]1C[C@H](NC(=O)Cc2ccccc2)CN1C(=O)/C=C/c1ccc(OC)c(OC)c1. The van der Waals surface area contributed by atoms with E-state index in [1.54, 1.807) is 31.4 Å². The zero-order valence-corrected chi connectivity index (χ0v) is 18.9. The van der Waals surface area contributed by atoms with Crippen molar-refractivity contribution in [2.24, 2.45) is 0 Å². The van der Waals surface area contributed by atoms with Crippen molar-refractivity contribution >= 4 is 23.9 Å². The molecule has 0 spiro atoms. The number of nitrogens with zero attached hydrogens (tertiary/aromatic N) is 1. The fourth-order valence-electron chi connectivity index (χ4n) is 3.82. The van der Waals surface area contributed by atoms with E-state index in [1.807, 2.05) is 30.3 Å². The lowest BCUT2D eigenvalue weighted by Gasteiger charge is -2.20. The number of esters is 1. The Morgan fingerprint density at radius 2 is 1.76 bits per heavy atom. The molecule has 2 aromatic rings. The first-order valence-corrected chi connectivity index (χ1v) is 10.6. The molecule has 1 fully saturated rings. The summed E-state index contributed by atoms with van der Waals surface area (Å²) in [5, 5.41) is 2.93. The van der Waals surface area contributed by atoms with Gasteiger partial charge in [-0.3, -0.25) is 9.59 Å². The van der Waals surface area contributed by atoms with Crippen LogP contribution in [0.25, 0.3) is 6.08 Å². The van der Waals surface area contributed by atoms with Gasteiger partial charge < -0.3 is 24.4 Å². The topological polar surface area (TPSA) is 94.2 Å². The molecule has 2 atom stereocenters. The summed E-state index contributed by atoms with van der Waals surface area (Å²) in [7, 11) is 4.37. The fraction of sp³-hybridized carbons (Fsp3) is 0.320. The molecule has 1 aliphatic heterocycles. The van der Waals surface area contributed by atoms with E-state index in [9.17, 15) is 14.4 Å². The Hall–Kier alpha value is -3.81. The van der Waals surface area contributed by atoms with E-state index in [1.165, 1.54) is 25.2 Å². The zero-order valence-electron chi connectivity index (χ0n) is 18.9. The second-order valence-electron chi connectivity index (χ2n) is 7.64. The number of hydrogen-bond donors (Lipinski definition) is 1. The van der Waals surface area contributed by atoms with Crippen LogP contribution in [0.3, 0.4) is 0 Å². The van der Waals surface area contributed by atoms with Crippen molar-refractivity contribution in [3.63, 3.8) is 0 Å². The quantitative estimate of drug-likeness (QED) is 0.488. The van der Waals surface area contributed by atoms with Gasteiger partial charge in [0.2, 0.25) is 11.8 Å². The average molecular weight is 453 g/mol. The summed E-state index contributed by atoms with van der Waals surface area (Å²) in [6.45, 7) is 0.218. The minimum Gasteiger partial charge on any atom is -0.493 e. The Morgan fingerprint density at radius 1 is 1.03 bits per heavy atom. The van der Waals surface area contributed by atoms with Crippen LogP contribution in [0.5, 0.6) is 11.5 Å². The highest BCUT2D eigenvalue weighted by Gasteiger charge is 2.40. The summed E-state index contributed by atoms with van der Waals surface area (Å²) in [5.41, 5.74) is 1.63. The highest BCUT2D eigenvalue weighted by atomic mass is 16.5. The number of ether oxygens (including phenoxy) is 3. The number of nitrogens with one attached hydrogen (secondary N) is 1. The summed E-state index contributed by atoms with van der Waals surface area (Å²) in [6.07, 6.45) is 3.56. The number of methoxy groups -OCH3 is 3. The van der Waals surface area contributed by atoms with Crippen LogP contribution >= 0.6 is 0 Å². The minimum atomic E-state index is -0.764. The molecular weight excluding hydrogens is 424 g/mol. The molecule has 0 unspecified atom stereocenters. The van der Waals surface area contributed by atoms with E-state index in [0.717, 1.165) is 11.1 Å². The Balaban J connectivity index is 1.68. The molecule has 174 valence electrons. The molecule has 8 nitrogen and oxygen atoms in total. The maximum atomic E-state index is 12.9. The van der Waals surface area contributed by atoms with Crippen LogP contribution in [0, 0.1) is 0 Å². The Labute approximate surface area is 193 Å². The second kappa shape index (κ2) is 11.2. The molecule has 1 aliphatic rings. The number of likely N-dealkylation sites (tertiary alicyclic amines) is 1. The van der Waals surface area contributed by atoms with Crippen LogP contribution in [0.2, 0.25) is 0 Å². The van der Waals surface area contributed by atoms with Gasteiger partial charge in [0.15, 0.2) is 11.5 Å².